The van der Waals surface area contributed by atoms with Crippen LogP contribution in [0.15, 0.2) is 12.7 Å². The van der Waals surface area contributed by atoms with E-state index >= 15 is 0 Å². The summed E-state index contributed by atoms with van der Waals surface area (Å²) in [4.78, 5) is 24.9. The second-order valence-corrected chi connectivity index (χ2v) is 5.60. The molecular weight excluding hydrogens is 268 g/mol. The van der Waals surface area contributed by atoms with Gasteiger partial charge in [0.2, 0.25) is 0 Å². The Kier molecular flexibility index (Phi) is 9.76. The number of hydrogen-bond acceptors (Lipinski definition) is 4. The summed E-state index contributed by atoms with van der Waals surface area (Å²) >= 11 is 0. The predicted octanol–water partition coefficient (Wildman–Crippen LogP) is 3.89. The van der Waals surface area contributed by atoms with Gasteiger partial charge in [-0.3, -0.25) is 9.59 Å². The molecule has 0 aliphatic rings. The summed E-state index contributed by atoms with van der Waals surface area (Å²) in [7, 11) is 0. The van der Waals surface area contributed by atoms with Gasteiger partial charge in [-0.2, -0.15) is 0 Å². The minimum absolute atomic E-state index is 0.209. The number of unbranched alkanes of at least 4 members (excludes halogenated alkanes) is 2. The van der Waals surface area contributed by atoms with Crippen molar-refractivity contribution in [1.82, 2.24) is 0 Å². The fourth-order valence-electron chi connectivity index (χ4n) is 2.06. The minimum atomic E-state index is -1.27. The van der Waals surface area contributed by atoms with Gasteiger partial charge in [0, 0.05) is 0 Å². The third kappa shape index (κ3) is 5.52. The van der Waals surface area contributed by atoms with Gasteiger partial charge in [0.25, 0.3) is 0 Å². The molecule has 0 aromatic heterocycles. The highest BCUT2D eigenvalue weighted by molar-refractivity contribution is 6.00. The highest BCUT2D eigenvalue weighted by Crippen LogP contribution is 2.35. The smallest absolute Gasteiger partial charge is 0.324 e. The Hall–Kier alpha value is -1.32. The first-order valence-corrected chi connectivity index (χ1v) is 7.92. The van der Waals surface area contributed by atoms with Crippen LogP contribution in [-0.4, -0.2) is 25.2 Å². The van der Waals surface area contributed by atoms with E-state index < -0.39 is 17.4 Å². The first kappa shape index (κ1) is 19.7. The second-order valence-electron chi connectivity index (χ2n) is 5.60. The van der Waals surface area contributed by atoms with Gasteiger partial charge in [0.05, 0.1) is 13.2 Å². The summed E-state index contributed by atoms with van der Waals surface area (Å²) in [5.41, 5.74) is -1.27. The molecule has 0 aromatic carbocycles. The van der Waals surface area contributed by atoms with Crippen LogP contribution >= 0.6 is 0 Å². The van der Waals surface area contributed by atoms with E-state index in [1.165, 1.54) is 0 Å². The van der Waals surface area contributed by atoms with Gasteiger partial charge in [-0.25, -0.2) is 0 Å². The maximum atomic E-state index is 12.5. The minimum Gasteiger partial charge on any atom is -0.465 e. The lowest BCUT2D eigenvalue weighted by atomic mass is 9.74. The van der Waals surface area contributed by atoms with Crippen molar-refractivity contribution in [3.63, 3.8) is 0 Å². The van der Waals surface area contributed by atoms with E-state index in [4.69, 9.17) is 9.47 Å². The quantitative estimate of drug-likeness (QED) is 0.251. The lowest BCUT2D eigenvalue weighted by molar-refractivity contribution is -0.176. The third-order valence-corrected chi connectivity index (χ3v) is 3.64. The van der Waals surface area contributed by atoms with Crippen LogP contribution in [0.25, 0.3) is 0 Å². The van der Waals surface area contributed by atoms with Crippen molar-refractivity contribution in [2.45, 2.75) is 59.8 Å². The molecule has 0 rings (SSSR count). The number of carbonyl (C=O) groups is 2. The average molecular weight is 298 g/mol. The number of ether oxygens (including phenoxy) is 2. The van der Waals surface area contributed by atoms with Crippen LogP contribution in [0, 0.1) is 11.3 Å². The van der Waals surface area contributed by atoms with Gasteiger partial charge < -0.3 is 9.47 Å². The normalized spacial score (nSPS) is 11.3. The van der Waals surface area contributed by atoms with Gasteiger partial charge in [-0.1, -0.05) is 46.6 Å². The highest BCUT2D eigenvalue weighted by atomic mass is 16.6. The molecule has 0 N–H and O–H groups in total. The van der Waals surface area contributed by atoms with Gasteiger partial charge in [0.1, 0.15) is 0 Å². The van der Waals surface area contributed by atoms with Crippen molar-refractivity contribution in [2.75, 3.05) is 13.2 Å². The van der Waals surface area contributed by atoms with E-state index in [1.54, 1.807) is 6.08 Å². The fourth-order valence-corrected chi connectivity index (χ4v) is 2.06. The zero-order chi connectivity index (χ0) is 16.3. The molecule has 4 heteroatoms. The molecule has 0 saturated heterocycles. The van der Waals surface area contributed by atoms with Crippen LogP contribution < -0.4 is 0 Å². The standard InChI is InChI=1S/C17H30O4/c1-6-9-12-20-15(18)17(11-8-3,14(4)5)16(19)21-13-10-7-2/h8,14H,3,6-7,9-13H2,1-2,4-5H3. The number of rotatable bonds is 11. The largest absolute Gasteiger partial charge is 0.465 e. The van der Waals surface area contributed by atoms with Crippen molar-refractivity contribution in [3.8, 4) is 0 Å². The molecule has 0 atom stereocenters. The molecule has 0 aliphatic carbocycles. The highest BCUT2D eigenvalue weighted by Gasteiger charge is 2.50. The summed E-state index contributed by atoms with van der Waals surface area (Å²) in [6.45, 7) is 12.1. The fraction of sp³-hybridized carbons (Fsp3) is 0.765. The zero-order valence-corrected chi connectivity index (χ0v) is 13.9. The topological polar surface area (TPSA) is 52.6 Å². The molecule has 0 radical (unpaired) electrons. The Bertz CT molecular complexity index is 312. The van der Waals surface area contributed by atoms with E-state index in [0.29, 0.717) is 13.2 Å². The molecule has 0 aromatic rings. The summed E-state index contributed by atoms with van der Waals surface area (Å²) in [5, 5.41) is 0. The Morgan fingerprint density at radius 3 is 1.76 bits per heavy atom. The van der Waals surface area contributed by atoms with Crippen molar-refractivity contribution in [2.24, 2.45) is 11.3 Å². The molecule has 0 unspecified atom stereocenters. The predicted molar refractivity (Wildman–Crippen MR) is 83.8 cm³/mol. The lowest BCUT2D eigenvalue weighted by Gasteiger charge is -2.32. The number of hydrogen-bond donors (Lipinski definition) is 0. The van der Waals surface area contributed by atoms with Crippen LogP contribution in [0.2, 0.25) is 0 Å². The molecule has 4 nitrogen and oxygen atoms in total. The Morgan fingerprint density at radius 2 is 1.48 bits per heavy atom. The van der Waals surface area contributed by atoms with Crippen LogP contribution in [-0.2, 0) is 19.1 Å². The maximum Gasteiger partial charge on any atom is 0.324 e. The molecule has 122 valence electrons. The molecule has 21 heavy (non-hydrogen) atoms. The number of esters is 2. The molecule has 0 amide bonds. The molecule has 0 spiro atoms. The van der Waals surface area contributed by atoms with E-state index in [0.717, 1.165) is 25.7 Å². The first-order valence-electron chi connectivity index (χ1n) is 7.92. The van der Waals surface area contributed by atoms with Crippen molar-refractivity contribution >= 4 is 11.9 Å². The van der Waals surface area contributed by atoms with Gasteiger partial charge in [0.15, 0.2) is 5.41 Å². The van der Waals surface area contributed by atoms with E-state index in [-0.39, 0.29) is 12.3 Å². The van der Waals surface area contributed by atoms with Crippen LogP contribution in [0.1, 0.15) is 59.8 Å². The summed E-state index contributed by atoms with van der Waals surface area (Å²) < 4.78 is 10.6. The number of allylic oxidation sites excluding steroid dienone is 1. The Labute approximate surface area is 128 Å². The van der Waals surface area contributed by atoms with E-state index in [2.05, 4.69) is 6.58 Å². The second kappa shape index (κ2) is 10.4. The Morgan fingerprint density at radius 1 is 1.05 bits per heavy atom. The molecule has 0 heterocycles. The van der Waals surface area contributed by atoms with Crippen molar-refractivity contribution in [1.29, 1.82) is 0 Å². The monoisotopic (exact) mass is 298 g/mol. The lowest BCUT2D eigenvalue weighted by Crippen LogP contribution is -2.46. The molecule has 0 bridgehead atoms. The first-order chi connectivity index (χ1) is 9.97. The third-order valence-electron chi connectivity index (χ3n) is 3.64. The maximum absolute atomic E-state index is 12.5. The molecule has 0 fully saturated rings. The Balaban J connectivity index is 5.09. The molecule has 0 aliphatic heterocycles. The van der Waals surface area contributed by atoms with Gasteiger partial charge >= 0.3 is 11.9 Å². The van der Waals surface area contributed by atoms with Gasteiger partial charge in [-0.05, 0) is 25.2 Å². The van der Waals surface area contributed by atoms with Crippen molar-refractivity contribution < 1.29 is 19.1 Å². The van der Waals surface area contributed by atoms with Crippen LogP contribution in [0.4, 0.5) is 0 Å². The van der Waals surface area contributed by atoms with E-state index in [9.17, 15) is 9.59 Å². The zero-order valence-electron chi connectivity index (χ0n) is 13.9. The van der Waals surface area contributed by atoms with Crippen molar-refractivity contribution in [3.05, 3.63) is 12.7 Å². The SMILES string of the molecule is C=CCC(C(=O)OCCCC)(C(=O)OCCCC)C(C)C. The summed E-state index contributed by atoms with van der Waals surface area (Å²) in [6.07, 6.45) is 5.27. The average Bonchev–Trinajstić information content (AvgIpc) is 2.44. The number of carbonyl (C=O) groups excluding carboxylic acids is 2. The molecule has 0 saturated carbocycles. The van der Waals surface area contributed by atoms with E-state index in [1.807, 2.05) is 27.7 Å². The molecular formula is C17H30O4. The van der Waals surface area contributed by atoms with Gasteiger partial charge in [-0.15, -0.1) is 6.58 Å². The van der Waals surface area contributed by atoms with Crippen LogP contribution in [0.3, 0.4) is 0 Å². The van der Waals surface area contributed by atoms with Crippen LogP contribution in [0.5, 0.6) is 0 Å². The summed E-state index contributed by atoms with van der Waals surface area (Å²) in [5.74, 6) is -1.20. The summed E-state index contributed by atoms with van der Waals surface area (Å²) in [6, 6.07) is 0.